The van der Waals surface area contributed by atoms with Gasteiger partial charge in [-0.2, -0.15) is 4.52 Å². The van der Waals surface area contributed by atoms with Crippen molar-refractivity contribution in [3.8, 4) is 0 Å². The highest BCUT2D eigenvalue weighted by molar-refractivity contribution is 7.80. The van der Waals surface area contributed by atoms with E-state index in [1.165, 1.54) is 16.7 Å². The van der Waals surface area contributed by atoms with Crippen LogP contribution in [0.2, 0.25) is 0 Å². The summed E-state index contributed by atoms with van der Waals surface area (Å²) in [6, 6.07) is 14.6. The third kappa shape index (κ3) is 4.35. The highest BCUT2D eigenvalue weighted by Crippen LogP contribution is 2.23. The van der Waals surface area contributed by atoms with Gasteiger partial charge >= 0.3 is 0 Å². The van der Waals surface area contributed by atoms with Gasteiger partial charge < -0.3 is 15.0 Å². The van der Waals surface area contributed by atoms with Crippen LogP contribution < -0.4 is 5.32 Å². The Morgan fingerprint density at radius 3 is 2.81 bits per heavy atom. The van der Waals surface area contributed by atoms with Gasteiger partial charge in [0.1, 0.15) is 0 Å². The highest BCUT2D eigenvalue weighted by Gasteiger charge is 2.17. The van der Waals surface area contributed by atoms with Crippen molar-refractivity contribution in [2.45, 2.75) is 27.3 Å². The zero-order valence-corrected chi connectivity index (χ0v) is 19.0. The summed E-state index contributed by atoms with van der Waals surface area (Å²) in [5.41, 5.74) is 7.32. The van der Waals surface area contributed by atoms with E-state index in [0.29, 0.717) is 24.8 Å². The number of tetrazole rings is 1. The van der Waals surface area contributed by atoms with Crippen LogP contribution in [0.1, 0.15) is 22.3 Å². The average Bonchev–Trinajstić information content (AvgIpc) is 3.24. The highest BCUT2D eigenvalue weighted by atomic mass is 32.1. The van der Waals surface area contributed by atoms with Crippen LogP contribution in [0.4, 0.5) is 5.69 Å². The van der Waals surface area contributed by atoms with Crippen molar-refractivity contribution in [3.05, 3.63) is 64.7 Å². The van der Waals surface area contributed by atoms with Crippen LogP contribution in [0.5, 0.6) is 0 Å². The SMILES string of the molecule is COCCN(Cc1cc2cc(C)ccc2n2nnnc12)C(=S)Nc1cccc(C)c1C. The summed E-state index contributed by atoms with van der Waals surface area (Å²) in [6.45, 7) is 8.04. The fourth-order valence-electron chi connectivity index (χ4n) is 3.64. The molecule has 0 spiro atoms. The fraction of sp³-hybridized carbons (Fsp3) is 0.304. The number of nitrogens with zero attached hydrogens (tertiary/aromatic N) is 5. The summed E-state index contributed by atoms with van der Waals surface area (Å²) in [6.07, 6.45) is 0. The van der Waals surface area contributed by atoms with Gasteiger partial charge in [0.05, 0.1) is 12.1 Å². The predicted octanol–water partition coefficient (Wildman–Crippen LogP) is 4.05. The average molecular weight is 435 g/mol. The molecule has 4 aromatic rings. The van der Waals surface area contributed by atoms with E-state index >= 15 is 0 Å². The van der Waals surface area contributed by atoms with Crippen LogP contribution in [-0.4, -0.2) is 50.3 Å². The topological polar surface area (TPSA) is 67.6 Å². The Kier molecular flexibility index (Phi) is 6.11. The molecule has 0 radical (unpaired) electrons. The van der Waals surface area contributed by atoms with E-state index in [0.717, 1.165) is 27.8 Å². The van der Waals surface area contributed by atoms with Crippen LogP contribution in [-0.2, 0) is 11.3 Å². The fourth-order valence-corrected chi connectivity index (χ4v) is 3.91. The Morgan fingerprint density at radius 1 is 1.16 bits per heavy atom. The zero-order valence-electron chi connectivity index (χ0n) is 18.2. The van der Waals surface area contributed by atoms with Crippen molar-refractivity contribution in [2.24, 2.45) is 0 Å². The lowest BCUT2D eigenvalue weighted by molar-refractivity contribution is 0.175. The molecule has 2 heterocycles. The quantitative estimate of drug-likeness (QED) is 0.459. The molecule has 0 aliphatic rings. The molecule has 4 rings (SSSR count). The molecule has 0 saturated carbocycles. The van der Waals surface area contributed by atoms with Gasteiger partial charge in [-0.05, 0) is 78.8 Å². The first-order valence-corrected chi connectivity index (χ1v) is 10.6. The number of aromatic nitrogens is 4. The second kappa shape index (κ2) is 8.95. The number of hydrogen-bond donors (Lipinski definition) is 1. The monoisotopic (exact) mass is 434 g/mol. The van der Waals surface area contributed by atoms with Gasteiger partial charge in [0.15, 0.2) is 10.8 Å². The van der Waals surface area contributed by atoms with Crippen LogP contribution in [0.15, 0.2) is 42.5 Å². The molecule has 0 bridgehead atoms. The van der Waals surface area contributed by atoms with E-state index in [4.69, 9.17) is 17.0 Å². The lowest BCUT2D eigenvalue weighted by Crippen LogP contribution is -2.37. The van der Waals surface area contributed by atoms with Crippen LogP contribution in [0.25, 0.3) is 16.6 Å². The number of benzene rings is 2. The van der Waals surface area contributed by atoms with Gasteiger partial charge in [0.2, 0.25) is 0 Å². The largest absolute Gasteiger partial charge is 0.383 e. The molecule has 0 unspecified atom stereocenters. The number of aryl methyl sites for hydroxylation is 2. The van der Waals surface area contributed by atoms with Gasteiger partial charge in [-0.1, -0.05) is 23.8 Å². The van der Waals surface area contributed by atoms with Gasteiger partial charge in [0, 0.05) is 36.8 Å². The molecule has 0 saturated heterocycles. The number of pyridine rings is 1. The summed E-state index contributed by atoms with van der Waals surface area (Å²) in [7, 11) is 1.69. The molecule has 0 aliphatic heterocycles. The van der Waals surface area contributed by atoms with Gasteiger partial charge in [0.25, 0.3) is 0 Å². The Labute approximate surface area is 187 Å². The summed E-state index contributed by atoms with van der Waals surface area (Å²) < 4.78 is 7.13. The number of thiocarbonyl (C=S) groups is 1. The van der Waals surface area contributed by atoms with E-state index in [9.17, 15) is 0 Å². The molecule has 160 valence electrons. The lowest BCUT2D eigenvalue weighted by atomic mass is 10.1. The van der Waals surface area contributed by atoms with Crippen LogP contribution >= 0.6 is 12.2 Å². The van der Waals surface area contributed by atoms with E-state index in [-0.39, 0.29) is 0 Å². The number of anilines is 1. The molecule has 2 aromatic carbocycles. The van der Waals surface area contributed by atoms with Crippen LogP contribution in [0.3, 0.4) is 0 Å². The Balaban J connectivity index is 1.68. The smallest absolute Gasteiger partial charge is 0.184 e. The molecule has 0 amide bonds. The predicted molar refractivity (Wildman–Crippen MR) is 127 cm³/mol. The van der Waals surface area contributed by atoms with Gasteiger partial charge in [-0.25, -0.2) is 0 Å². The minimum atomic E-state index is 0.558. The van der Waals surface area contributed by atoms with E-state index in [1.54, 1.807) is 11.6 Å². The molecule has 8 heteroatoms. The summed E-state index contributed by atoms with van der Waals surface area (Å²) in [5, 5.41) is 17.5. The van der Waals surface area contributed by atoms with Gasteiger partial charge in [-0.15, -0.1) is 5.10 Å². The van der Waals surface area contributed by atoms with Crippen molar-refractivity contribution >= 4 is 39.6 Å². The van der Waals surface area contributed by atoms with E-state index in [2.05, 4.69) is 70.8 Å². The Bertz CT molecular complexity index is 1250. The third-order valence-electron chi connectivity index (χ3n) is 5.56. The normalized spacial score (nSPS) is 11.2. The Hall–Kier alpha value is -3.10. The van der Waals surface area contributed by atoms with Crippen LogP contribution in [0, 0.1) is 20.8 Å². The number of ether oxygens (including phenoxy) is 1. The Morgan fingerprint density at radius 2 is 2.00 bits per heavy atom. The minimum absolute atomic E-state index is 0.558. The van der Waals surface area contributed by atoms with Crippen molar-refractivity contribution < 1.29 is 4.74 Å². The van der Waals surface area contributed by atoms with E-state index < -0.39 is 0 Å². The van der Waals surface area contributed by atoms with Crippen molar-refractivity contribution in [1.82, 2.24) is 24.9 Å². The third-order valence-corrected chi connectivity index (χ3v) is 5.92. The number of fused-ring (bicyclic) bond motifs is 3. The van der Waals surface area contributed by atoms with Gasteiger partial charge in [-0.3, -0.25) is 0 Å². The number of nitrogens with one attached hydrogen (secondary N) is 1. The molecule has 1 N–H and O–H groups in total. The minimum Gasteiger partial charge on any atom is -0.383 e. The molecule has 0 aliphatic carbocycles. The zero-order chi connectivity index (χ0) is 22.0. The second-order valence-electron chi connectivity index (χ2n) is 7.74. The molecular formula is C23H26N6OS. The molecule has 2 aromatic heterocycles. The molecule has 31 heavy (non-hydrogen) atoms. The number of rotatable bonds is 6. The second-order valence-corrected chi connectivity index (χ2v) is 8.12. The molecule has 7 nitrogen and oxygen atoms in total. The maximum atomic E-state index is 5.79. The summed E-state index contributed by atoms with van der Waals surface area (Å²) in [5.74, 6) is 0. The van der Waals surface area contributed by atoms with Crippen molar-refractivity contribution in [2.75, 3.05) is 25.6 Å². The van der Waals surface area contributed by atoms with E-state index in [1.807, 2.05) is 18.2 Å². The first kappa shape index (κ1) is 21.1. The maximum Gasteiger partial charge on any atom is 0.184 e. The van der Waals surface area contributed by atoms with Crippen molar-refractivity contribution in [3.63, 3.8) is 0 Å². The molecule has 0 atom stereocenters. The number of hydrogen-bond acceptors (Lipinski definition) is 5. The lowest BCUT2D eigenvalue weighted by Gasteiger charge is -2.26. The summed E-state index contributed by atoms with van der Waals surface area (Å²) >= 11 is 5.79. The standard InChI is InChI=1S/C23H26N6OS/c1-15-8-9-21-18(12-15)13-19(22-25-26-27-29(21)22)14-28(10-11-30-4)23(31)24-20-7-5-6-16(2)17(20)3/h5-9,12-13H,10-11,14H2,1-4H3,(H,24,31). The molecule has 0 fully saturated rings. The first-order chi connectivity index (χ1) is 15.0. The number of methoxy groups -OCH3 is 1. The first-order valence-electron chi connectivity index (χ1n) is 10.2. The summed E-state index contributed by atoms with van der Waals surface area (Å²) in [4.78, 5) is 2.09. The maximum absolute atomic E-state index is 5.79. The molecular weight excluding hydrogens is 408 g/mol. The van der Waals surface area contributed by atoms with Crippen molar-refractivity contribution in [1.29, 1.82) is 0 Å².